The van der Waals surface area contributed by atoms with Gasteiger partial charge in [0.1, 0.15) is 0 Å². The molecule has 1 unspecified atom stereocenters. The molecule has 0 fully saturated rings. The van der Waals surface area contributed by atoms with E-state index in [0.717, 1.165) is 13.0 Å². The van der Waals surface area contributed by atoms with Crippen LogP contribution in [0, 0.1) is 11.3 Å². The first-order chi connectivity index (χ1) is 5.88. The molecule has 0 heterocycles. The average Bonchev–Trinajstić information content (AvgIpc) is 2.02. The Hall–Kier alpha value is -0.240. The van der Waals surface area contributed by atoms with E-state index in [4.69, 9.17) is 11.6 Å². The van der Waals surface area contributed by atoms with Crippen molar-refractivity contribution in [3.05, 3.63) is 0 Å². The Balaban J connectivity index is 3.60. The first-order valence-electron chi connectivity index (χ1n) is 4.72. The third-order valence-electron chi connectivity index (χ3n) is 1.87. The molecule has 0 aliphatic carbocycles. The third-order valence-corrected chi connectivity index (χ3v) is 2.39. The first-order valence-corrected chi connectivity index (χ1v) is 5.25. The Morgan fingerprint density at radius 1 is 1.46 bits per heavy atom. The molecule has 0 spiro atoms. The van der Waals surface area contributed by atoms with Gasteiger partial charge in [-0.2, -0.15) is 0 Å². The lowest BCUT2D eigenvalue weighted by atomic mass is 9.95. The number of amides is 1. The largest absolute Gasteiger partial charge is 0.356 e. The smallest absolute Gasteiger partial charge is 0.225 e. The van der Waals surface area contributed by atoms with E-state index in [1.54, 1.807) is 0 Å². The predicted octanol–water partition coefficient (Wildman–Crippen LogP) is 2.41. The van der Waals surface area contributed by atoms with Gasteiger partial charge in [-0.15, -0.1) is 11.6 Å². The standard InChI is InChI=1S/C10H20ClNO/c1-8(7-11)5-6-12-9(13)10(2,3)4/h8H,5-7H2,1-4H3,(H,12,13). The molecule has 0 radical (unpaired) electrons. The van der Waals surface area contributed by atoms with Crippen molar-refractivity contribution in [2.24, 2.45) is 11.3 Å². The van der Waals surface area contributed by atoms with Crippen LogP contribution in [-0.2, 0) is 4.79 Å². The summed E-state index contributed by atoms with van der Waals surface area (Å²) in [4.78, 5) is 11.4. The summed E-state index contributed by atoms with van der Waals surface area (Å²) in [5.41, 5.74) is -0.287. The number of carbonyl (C=O) groups is 1. The molecule has 78 valence electrons. The predicted molar refractivity (Wildman–Crippen MR) is 57.0 cm³/mol. The van der Waals surface area contributed by atoms with Gasteiger partial charge in [0.2, 0.25) is 5.91 Å². The van der Waals surface area contributed by atoms with Gasteiger partial charge in [0, 0.05) is 17.8 Å². The third kappa shape index (κ3) is 5.92. The quantitative estimate of drug-likeness (QED) is 0.702. The van der Waals surface area contributed by atoms with Crippen molar-refractivity contribution in [1.82, 2.24) is 5.32 Å². The maximum atomic E-state index is 11.4. The molecule has 0 bridgehead atoms. The van der Waals surface area contributed by atoms with Gasteiger partial charge in [-0.25, -0.2) is 0 Å². The molecule has 0 aromatic rings. The summed E-state index contributed by atoms with van der Waals surface area (Å²) in [5.74, 6) is 1.24. The molecule has 1 atom stereocenters. The van der Waals surface area contributed by atoms with E-state index in [1.165, 1.54) is 0 Å². The molecular weight excluding hydrogens is 186 g/mol. The fourth-order valence-electron chi connectivity index (χ4n) is 0.774. The van der Waals surface area contributed by atoms with Gasteiger partial charge < -0.3 is 5.32 Å². The van der Waals surface area contributed by atoms with Crippen molar-refractivity contribution in [2.75, 3.05) is 12.4 Å². The fourth-order valence-corrected chi connectivity index (χ4v) is 0.929. The SMILES string of the molecule is CC(CCl)CCNC(=O)C(C)(C)C. The van der Waals surface area contributed by atoms with Crippen molar-refractivity contribution < 1.29 is 4.79 Å². The second kappa shape index (κ2) is 5.48. The average molecular weight is 206 g/mol. The zero-order chi connectivity index (χ0) is 10.5. The van der Waals surface area contributed by atoms with Crippen LogP contribution in [0.2, 0.25) is 0 Å². The van der Waals surface area contributed by atoms with E-state index in [2.05, 4.69) is 12.2 Å². The van der Waals surface area contributed by atoms with E-state index in [1.807, 2.05) is 20.8 Å². The molecule has 0 saturated carbocycles. The van der Waals surface area contributed by atoms with Crippen molar-refractivity contribution in [2.45, 2.75) is 34.1 Å². The normalized spacial score (nSPS) is 13.9. The van der Waals surface area contributed by atoms with Crippen molar-refractivity contribution in [1.29, 1.82) is 0 Å². The molecule has 0 aliphatic heterocycles. The van der Waals surface area contributed by atoms with Crippen LogP contribution in [0.1, 0.15) is 34.1 Å². The van der Waals surface area contributed by atoms with Crippen LogP contribution >= 0.6 is 11.6 Å². The van der Waals surface area contributed by atoms with Crippen LogP contribution in [0.5, 0.6) is 0 Å². The topological polar surface area (TPSA) is 29.1 Å². The van der Waals surface area contributed by atoms with Crippen LogP contribution in [0.3, 0.4) is 0 Å². The molecule has 0 aliphatic rings. The molecule has 1 amide bonds. The minimum Gasteiger partial charge on any atom is -0.356 e. The summed E-state index contributed by atoms with van der Waals surface area (Å²) in [7, 11) is 0. The maximum Gasteiger partial charge on any atom is 0.225 e. The van der Waals surface area contributed by atoms with Crippen LogP contribution in [0.25, 0.3) is 0 Å². The van der Waals surface area contributed by atoms with Gasteiger partial charge in [-0.1, -0.05) is 27.7 Å². The van der Waals surface area contributed by atoms with Crippen molar-refractivity contribution in [3.8, 4) is 0 Å². The zero-order valence-electron chi connectivity index (χ0n) is 8.98. The van der Waals surface area contributed by atoms with E-state index in [9.17, 15) is 4.79 Å². The van der Waals surface area contributed by atoms with Crippen molar-refractivity contribution in [3.63, 3.8) is 0 Å². The number of halogens is 1. The maximum absolute atomic E-state index is 11.4. The summed E-state index contributed by atoms with van der Waals surface area (Å²) in [6, 6.07) is 0. The zero-order valence-corrected chi connectivity index (χ0v) is 9.74. The van der Waals surface area contributed by atoms with Gasteiger partial charge in [0.25, 0.3) is 0 Å². The summed E-state index contributed by atoms with van der Waals surface area (Å²) in [5, 5.41) is 2.89. The Morgan fingerprint density at radius 2 is 2.00 bits per heavy atom. The summed E-state index contributed by atoms with van der Waals surface area (Å²) in [6.07, 6.45) is 0.950. The van der Waals surface area contributed by atoms with Gasteiger partial charge >= 0.3 is 0 Å². The Bertz CT molecular complexity index is 163. The highest BCUT2D eigenvalue weighted by molar-refractivity contribution is 6.18. The van der Waals surface area contributed by atoms with Gasteiger partial charge in [0.15, 0.2) is 0 Å². The summed E-state index contributed by atoms with van der Waals surface area (Å²) < 4.78 is 0. The second-order valence-electron chi connectivity index (χ2n) is 4.55. The monoisotopic (exact) mass is 205 g/mol. The van der Waals surface area contributed by atoms with E-state index >= 15 is 0 Å². The number of hydrogen-bond acceptors (Lipinski definition) is 1. The Labute approximate surface area is 86.0 Å². The van der Waals surface area contributed by atoms with Crippen molar-refractivity contribution >= 4 is 17.5 Å². The molecule has 0 rings (SSSR count). The van der Waals surface area contributed by atoms with Crippen LogP contribution in [-0.4, -0.2) is 18.3 Å². The Morgan fingerprint density at radius 3 is 2.38 bits per heavy atom. The number of rotatable bonds is 4. The highest BCUT2D eigenvalue weighted by Gasteiger charge is 2.20. The van der Waals surface area contributed by atoms with Gasteiger partial charge in [-0.3, -0.25) is 4.79 Å². The molecule has 0 aromatic heterocycles. The van der Waals surface area contributed by atoms with E-state index in [0.29, 0.717) is 11.8 Å². The number of carbonyl (C=O) groups excluding carboxylic acids is 1. The number of nitrogens with one attached hydrogen (secondary N) is 1. The molecule has 2 nitrogen and oxygen atoms in total. The minimum atomic E-state index is -0.287. The number of alkyl halides is 1. The lowest BCUT2D eigenvalue weighted by Gasteiger charge is -2.18. The molecule has 1 N–H and O–H groups in total. The fraction of sp³-hybridized carbons (Fsp3) is 0.900. The number of hydrogen-bond donors (Lipinski definition) is 1. The van der Waals surface area contributed by atoms with Crippen LogP contribution in [0.15, 0.2) is 0 Å². The molecule has 13 heavy (non-hydrogen) atoms. The molecular formula is C10H20ClNO. The first kappa shape index (κ1) is 12.8. The lowest BCUT2D eigenvalue weighted by molar-refractivity contribution is -0.128. The van der Waals surface area contributed by atoms with Crippen LogP contribution < -0.4 is 5.32 Å². The lowest BCUT2D eigenvalue weighted by Crippen LogP contribution is -2.35. The highest BCUT2D eigenvalue weighted by Crippen LogP contribution is 2.12. The van der Waals surface area contributed by atoms with Gasteiger partial charge in [-0.05, 0) is 12.3 Å². The molecule has 3 heteroatoms. The van der Waals surface area contributed by atoms with Crippen LogP contribution in [0.4, 0.5) is 0 Å². The summed E-state index contributed by atoms with van der Waals surface area (Å²) >= 11 is 5.64. The Kier molecular flexibility index (Phi) is 5.38. The molecule has 0 aromatic carbocycles. The summed E-state index contributed by atoms with van der Waals surface area (Å²) in [6.45, 7) is 8.54. The second-order valence-corrected chi connectivity index (χ2v) is 4.86. The minimum absolute atomic E-state index is 0.106. The van der Waals surface area contributed by atoms with Gasteiger partial charge in [0.05, 0.1) is 0 Å². The van der Waals surface area contributed by atoms with E-state index in [-0.39, 0.29) is 11.3 Å². The highest BCUT2D eigenvalue weighted by atomic mass is 35.5. The molecule has 0 saturated heterocycles. The van der Waals surface area contributed by atoms with E-state index < -0.39 is 0 Å².